The van der Waals surface area contributed by atoms with Crippen LogP contribution in [0.3, 0.4) is 0 Å². The van der Waals surface area contributed by atoms with Gasteiger partial charge in [0.2, 0.25) is 0 Å². The molecule has 1 saturated carbocycles. The Morgan fingerprint density at radius 1 is 0.943 bits per heavy atom. The zero-order valence-electron chi connectivity index (χ0n) is 19.9. The molecule has 35 heavy (non-hydrogen) atoms. The second kappa shape index (κ2) is 9.53. The van der Waals surface area contributed by atoms with E-state index < -0.39 is 0 Å². The van der Waals surface area contributed by atoms with Crippen LogP contribution < -0.4 is 4.90 Å². The average molecular weight is 464 g/mol. The standard InChI is InChI=1S/C29H29N5O/c35-24(15-20-7-3-1-4-8-20)17-23-16-22(11-12-31-23)28-32-26-19-30-18-25(21-9-10-21)27(26)29(33-28)34-13-5-2-6-14-34/h1,3-4,7-8,11-12,16,18-19,21H,2,5-6,9-10,13-15,17H2. The number of carbonyl (C=O) groups excluding carboxylic acids is 1. The van der Waals surface area contributed by atoms with Gasteiger partial charge in [-0.1, -0.05) is 30.3 Å². The van der Waals surface area contributed by atoms with Crippen molar-refractivity contribution in [2.45, 2.75) is 50.9 Å². The van der Waals surface area contributed by atoms with Crippen LogP contribution in [0, 0.1) is 0 Å². The first-order chi connectivity index (χ1) is 17.2. The molecule has 0 unspecified atom stereocenters. The van der Waals surface area contributed by atoms with Gasteiger partial charge >= 0.3 is 0 Å². The minimum absolute atomic E-state index is 0.146. The van der Waals surface area contributed by atoms with Gasteiger partial charge in [0.25, 0.3) is 0 Å². The van der Waals surface area contributed by atoms with Crippen molar-refractivity contribution < 1.29 is 4.79 Å². The molecule has 2 fully saturated rings. The van der Waals surface area contributed by atoms with Crippen molar-refractivity contribution in [3.63, 3.8) is 0 Å². The van der Waals surface area contributed by atoms with Crippen LogP contribution in [0.15, 0.2) is 61.1 Å². The van der Waals surface area contributed by atoms with Crippen LogP contribution in [0.25, 0.3) is 22.3 Å². The maximum atomic E-state index is 12.7. The lowest BCUT2D eigenvalue weighted by Crippen LogP contribution is -2.30. The first kappa shape index (κ1) is 21.8. The molecule has 6 heteroatoms. The molecule has 176 valence electrons. The number of benzene rings is 1. The summed E-state index contributed by atoms with van der Waals surface area (Å²) in [6.45, 7) is 2.04. The summed E-state index contributed by atoms with van der Waals surface area (Å²) in [6, 6.07) is 13.7. The van der Waals surface area contributed by atoms with Crippen molar-refractivity contribution in [2.24, 2.45) is 0 Å². The number of anilines is 1. The van der Waals surface area contributed by atoms with Crippen molar-refractivity contribution in [1.29, 1.82) is 0 Å². The zero-order valence-corrected chi connectivity index (χ0v) is 19.9. The molecule has 0 amide bonds. The third kappa shape index (κ3) is 4.78. The van der Waals surface area contributed by atoms with Crippen molar-refractivity contribution in [2.75, 3.05) is 18.0 Å². The molecule has 4 heterocycles. The highest BCUT2D eigenvalue weighted by Crippen LogP contribution is 2.45. The van der Waals surface area contributed by atoms with Crippen molar-refractivity contribution >= 4 is 22.5 Å². The number of pyridine rings is 2. The second-order valence-electron chi connectivity index (χ2n) is 9.73. The molecule has 4 aromatic rings. The zero-order chi connectivity index (χ0) is 23.6. The fourth-order valence-corrected chi connectivity index (χ4v) is 5.06. The molecule has 1 saturated heterocycles. The molecule has 0 bridgehead atoms. The summed E-state index contributed by atoms with van der Waals surface area (Å²) in [4.78, 5) is 34.2. The van der Waals surface area contributed by atoms with E-state index in [9.17, 15) is 4.79 Å². The third-order valence-electron chi connectivity index (χ3n) is 6.99. The van der Waals surface area contributed by atoms with Crippen molar-refractivity contribution in [3.05, 3.63) is 77.9 Å². The molecule has 2 aliphatic rings. The van der Waals surface area contributed by atoms with Gasteiger partial charge in [-0.05, 0) is 61.3 Å². The van der Waals surface area contributed by atoms with Crippen LogP contribution in [0.5, 0.6) is 0 Å². The predicted octanol–water partition coefficient (Wildman–Crippen LogP) is 5.31. The van der Waals surface area contributed by atoms with Gasteiger partial charge in [-0.2, -0.15) is 0 Å². The highest BCUT2D eigenvalue weighted by atomic mass is 16.1. The summed E-state index contributed by atoms with van der Waals surface area (Å²) >= 11 is 0. The van der Waals surface area contributed by atoms with Crippen molar-refractivity contribution in [3.8, 4) is 11.4 Å². The molecule has 1 aromatic carbocycles. The number of piperidine rings is 1. The monoisotopic (exact) mass is 463 g/mol. The molecule has 1 aliphatic heterocycles. The number of hydrogen-bond acceptors (Lipinski definition) is 6. The Morgan fingerprint density at radius 3 is 2.57 bits per heavy atom. The average Bonchev–Trinajstić information content (AvgIpc) is 3.74. The molecule has 0 spiro atoms. The Labute approximate surface area is 205 Å². The van der Waals surface area contributed by atoms with Crippen molar-refractivity contribution in [1.82, 2.24) is 19.9 Å². The van der Waals surface area contributed by atoms with E-state index >= 15 is 0 Å². The maximum Gasteiger partial charge on any atom is 0.162 e. The Hall–Kier alpha value is -3.67. The lowest BCUT2D eigenvalue weighted by atomic mass is 10.0. The fraction of sp³-hybridized carbons (Fsp3) is 0.345. The number of Topliss-reactive ketones (excluding diaryl/α,β-unsaturated/α-hetero) is 1. The first-order valence-electron chi connectivity index (χ1n) is 12.7. The Bertz CT molecular complexity index is 1360. The minimum Gasteiger partial charge on any atom is -0.356 e. The van der Waals surface area contributed by atoms with E-state index in [1.807, 2.05) is 54.9 Å². The maximum absolute atomic E-state index is 12.7. The molecule has 0 atom stereocenters. The lowest BCUT2D eigenvalue weighted by Gasteiger charge is -2.29. The SMILES string of the molecule is O=C(Cc1ccccc1)Cc1cc(-c2nc(N3CCCCC3)c3c(C4CC4)cncc3n2)ccn1. The van der Waals surface area contributed by atoms with Crippen LogP contribution in [0.4, 0.5) is 5.82 Å². The minimum atomic E-state index is 0.146. The largest absolute Gasteiger partial charge is 0.356 e. The van der Waals surface area contributed by atoms with Crippen LogP contribution in [0.1, 0.15) is 54.8 Å². The molecule has 1 aliphatic carbocycles. The van der Waals surface area contributed by atoms with Gasteiger partial charge in [0, 0.05) is 55.0 Å². The first-order valence-corrected chi connectivity index (χ1v) is 12.7. The summed E-state index contributed by atoms with van der Waals surface area (Å²) in [6.07, 6.45) is 12.4. The van der Waals surface area contributed by atoms with E-state index in [1.165, 1.54) is 43.1 Å². The molecule has 0 radical (unpaired) electrons. The van der Waals surface area contributed by atoms with Gasteiger partial charge < -0.3 is 4.90 Å². The number of nitrogens with zero attached hydrogens (tertiary/aromatic N) is 5. The Morgan fingerprint density at radius 2 is 1.77 bits per heavy atom. The quantitative estimate of drug-likeness (QED) is 0.370. The normalized spacial score (nSPS) is 15.9. The van der Waals surface area contributed by atoms with Crippen LogP contribution in [0.2, 0.25) is 0 Å². The van der Waals surface area contributed by atoms with E-state index in [1.54, 1.807) is 6.20 Å². The number of fused-ring (bicyclic) bond motifs is 1. The van der Waals surface area contributed by atoms with Gasteiger partial charge in [-0.25, -0.2) is 9.97 Å². The third-order valence-corrected chi connectivity index (χ3v) is 6.99. The number of ketones is 1. The fourth-order valence-electron chi connectivity index (χ4n) is 5.06. The summed E-state index contributed by atoms with van der Waals surface area (Å²) in [5.74, 6) is 2.43. The number of rotatable bonds is 7. The Balaban J connectivity index is 1.35. The number of aromatic nitrogens is 4. The summed E-state index contributed by atoms with van der Waals surface area (Å²) in [5, 5.41) is 1.17. The summed E-state index contributed by atoms with van der Waals surface area (Å²) in [7, 11) is 0. The molecule has 6 rings (SSSR count). The van der Waals surface area contributed by atoms with Crippen LogP contribution >= 0.6 is 0 Å². The lowest BCUT2D eigenvalue weighted by molar-refractivity contribution is -0.117. The van der Waals surface area contributed by atoms with Crippen LogP contribution in [-0.4, -0.2) is 38.8 Å². The van der Waals surface area contributed by atoms with E-state index in [4.69, 9.17) is 9.97 Å². The van der Waals surface area contributed by atoms with E-state index in [0.717, 1.165) is 41.2 Å². The smallest absolute Gasteiger partial charge is 0.162 e. The number of carbonyl (C=O) groups is 1. The molecule has 6 nitrogen and oxygen atoms in total. The van der Waals surface area contributed by atoms with Crippen LogP contribution in [-0.2, 0) is 17.6 Å². The second-order valence-corrected chi connectivity index (χ2v) is 9.73. The van der Waals surface area contributed by atoms with E-state index in [-0.39, 0.29) is 5.78 Å². The predicted molar refractivity (Wildman–Crippen MR) is 137 cm³/mol. The highest BCUT2D eigenvalue weighted by molar-refractivity contribution is 5.94. The van der Waals surface area contributed by atoms with E-state index in [0.29, 0.717) is 24.6 Å². The summed E-state index contributed by atoms with van der Waals surface area (Å²) in [5.41, 5.74) is 4.85. The van der Waals surface area contributed by atoms with Gasteiger partial charge in [0.1, 0.15) is 11.6 Å². The van der Waals surface area contributed by atoms with Gasteiger partial charge in [-0.15, -0.1) is 0 Å². The van der Waals surface area contributed by atoms with Gasteiger partial charge in [0.05, 0.1) is 11.7 Å². The van der Waals surface area contributed by atoms with Gasteiger partial charge in [-0.3, -0.25) is 14.8 Å². The van der Waals surface area contributed by atoms with Gasteiger partial charge in [0.15, 0.2) is 5.82 Å². The topological polar surface area (TPSA) is 71.9 Å². The molecule has 0 N–H and O–H groups in total. The van der Waals surface area contributed by atoms with E-state index in [2.05, 4.69) is 14.9 Å². The Kier molecular flexibility index (Phi) is 5.94. The molecule has 3 aromatic heterocycles. The highest BCUT2D eigenvalue weighted by Gasteiger charge is 2.29. The summed E-state index contributed by atoms with van der Waals surface area (Å²) < 4.78 is 0. The molecular weight excluding hydrogens is 434 g/mol. The number of hydrogen-bond donors (Lipinski definition) is 0. The molecular formula is C29H29N5O.